The second-order valence-electron chi connectivity index (χ2n) is 6.06. The molecule has 1 aliphatic heterocycles. The molecular formula is C20H22N2O4. The first kappa shape index (κ1) is 17.9. The molecular weight excluding hydrogens is 332 g/mol. The molecule has 1 saturated heterocycles. The molecule has 6 heteroatoms. The highest BCUT2D eigenvalue weighted by Gasteiger charge is 2.16. The van der Waals surface area contributed by atoms with E-state index in [1.54, 1.807) is 24.3 Å². The maximum atomic E-state index is 12.1. The molecule has 2 aromatic carbocycles. The van der Waals surface area contributed by atoms with E-state index in [2.05, 4.69) is 10.6 Å². The Morgan fingerprint density at radius 1 is 1.00 bits per heavy atom. The van der Waals surface area contributed by atoms with Crippen molar-refractivity contribution in [2.24, 2.45) is 0 Å². The number of ether oxygens (including phenoxy) is 2. The van der Waals surface area contributed by atoms with Crippen molar-refractivity contribution in [2.45, 2.75) is 18.9 Å². The topological polar surface area (TPSA) is 76.7 Å². The third-order valence-corrected chi connectivity index (χ3v) is 4.06. The Labute approximate surface area is 152 Å². The second-order valence-corrected chi connectivity index (χ2v) is 6.06. The van der Waals surface area contributed by atoms with Crippen LogP contribution in [0.5, 0.6) is 11.5 Å². The molecule has 6 nitrogen and oxygen atoms in total. The molecule has 2 aromatic rings. The molecule has 0 aromatic heterocycles. The minimum Gasteiger partial charge on any atom is -0.457 e. The Morgan fingerprint density at radius 3 is 2.42 bits per heavy atom. The van der Waals surface area contributed by atoms with Crippen molar-refractivity contribution in [1.29, 1.82) is 0 Å². The molecule has 1 atom stereocenters. The summed E-state index contributed by atoms with van der Waals surface area (Å²) in [5.74, 6) is 0.844. The van der Waals surface area contributed by atoms with Gasteiger partial charge in [-0.15, -0.1) is 0 Å². The molecule has 1 aliphatic rings. The van der Waals surface area contributed by atoms with E-state index in [0.29, 0.717) is 17.9 Å². The van der Waals surface area contributed by atoms with Crippen LogP contribution in [0.25, 0.3) is 0 Å². The molecule has 136 valence electrons. The molecule has 1 fully saturated rings. The predicted molar refractivity (Wildman–Crippen MR) is 97.3 cm³/mol. The van der Waals surface area contributed by atoms with Gasteiger partial charge in [-0.3, -0.25) is 9.59 Å². The predicted octanol–water partition coefficient (Wildman–Crippen LogP) is 2.50. The van der Waals surface area contributed by atoms with Crippen LogP contribution >= 0.6 is 0 Å². The van der Waals surface area contributed by atoms with Gasteiger partial charge in [0.05, 0.1) is 12.6 Å². The molecule has 0 spiro atoms. The van der Waals surface area contributed by atoms with Crippen molar-refractivity contribution in [3.05, 3.63) is 60.2 Å². The summed E-state index contributed by atoms with van der Waals surface area (Å²) in [7, 11) is 0. The first-order valence-corrected chi connectivity index (χ1v) is 8.70. The number of rotatable bonds is 7. The van der Waals surface area contributed by atoms with Crippen molar-refractivity contribution in [2.75, 3.05) is 19.7 Å². The number of nitrogens with one attached hydrogen (secondary N) is 2. The number of carbonyl (C=O) groups is 2. The van der Waals surface area contributed by atoms with E-state index in [1.807, 2.05) is 30.3 Å². The third-order valence-electron chi connectivity index (χ3n) is 4.06. The van der Waals surface area contributed by atoms with Crippen LogP contribution in [-0.2, 0) is 9.53 Å². The largest absolute Gasteiger partial charge is 0.457 e. The lowest BCUT2D eigenvalue weighted by Gasteiger charge is -2.11. The standard InChI is InChI=1S/C20H22N2O4/c23-19(21-13-18-7-4-12-25-18)14-22-20(24)15-8-10-17(11-9-15)26-16-5-2-1-3-6-16/h1-3,5-6,8-11,18H,4,7,12-14H2,(H,21,23)(H,22,24)/t18-/m1/s1. The maximum Gasteiger partial charge on any atom is 0.251 e. The minimum atomic E-state index is -0.302. The maximum absolute atomic E-state index is 12.1. The number of hydrogen-bond donors (Lipinski definition) is 2. The van der Waals surface area contributed by atoms with Crippen LogP contribution in [0.3, 0.4) is 0 Å². The van der Waals surface area contributed by atoms with Gasteiger partial charge in [0, 0.05) is 18.7 Å². The quantitative estimate of drug-likeness (QED) is 0.801. The van der Waals surface area contributed by atoms with Crippen molar-refractivity contribution >= 4 is 11.8 Å². The SMILES string of the molecule is O=C(CNC(=O)c1ccc(Oc2ccccc2)cc1)NC[C@H]1CCCO1. The molecule has 1 heterocycles. The Hall–Kier alpha value is -2.86. The van der Waals surface area contributed by atoms with E-state index >= 15 is 0 Å². The third kappa shape index (κ3) is 5.32. The van der Waals surface area contributed by atoms with E-state index in [0.717, 1.165) is 25.2 Å². The fourth-order valence-corrected chi connectivity index (χ4v) is 2.66. The molecule has 2 N–H and O–H groups in total. The zero-order chi connectivity index (χ0) is 18.2. The van der Waals surface area contributed by atoms with Gasteiger partial charge in [-0.2, -0.15) is 0 Å². The monoisotopic (exact) mass is 354 g/mol. The molecule has 26 heavy (non-hydrogen) atoms. The normalized spacial score (nSPS) is 16.1. The summed E-state index contributed by atoms with van der Waals surface area (Å²) in [6.45, 7) is 1.18. The first-order valence-electron chi connectivity index (χ1n) is 8.70. The second kappa shape index (κ2) is 9.01. The van der Waals surface area contributed by atoms with Crippen molar-refractivity contribution in [3.63, 3.8) is 0 Å². The summed E-state index contributed by atoms with van der Waals surface area (Å²) < 4.78 is 11.1. The number of para-hydroxylation sites is 1. The van der Waals surface area contributed by atoms with Gasteiger partial charge in [0.1, 0.15) is 11.5 Å². The van der Waals surface area contributed by atoms with Gasteiger partial charge in [0.25, 0.3) is 5.91 Å². The van der Waals surface area contributed by atoms with Gasteiger partial charge in [-0.05, 0) is 49.2 Å². The van der Waals surface area contributed by atoms with Crippen molar-refractivity contribution < 1.29 is 19.1 Å². The lowest BCUT2D eigenvalue weighted by molar-refractivity contribution is -0.120. The molecule has 3 rings (SSSR count). The fourth-order valence-electron chi connectivity index (χ4n) is 2.66. The van der Waals surface area contributed by atoms with E-state index < -0.39 is 0 Å². The summed E-state index contributed by atoms with van der Waals surface area (Å²) in [4.78, 5) is 23.9. The highest BCUT2D eigenvalue weighted by atomic mass is 16.5. The molecule has 0 radical (unpaired) electrons. The number of carbonyl (C=O) groups excluding carboxylic acids is 2. The van der Waals surface area contributed by atoms with E-state index in [4.69, 9.17) is 9.47 Å². The lowest BCUT2D eigenvalue weighted by atomic mass is 10.2. The van der Waals surface area contributed by atoms with E-state index in [-0.39, 0.29) is 24.5 Å². The Morgan fingerprint density at radius 2 is 1.73 bits per heavy atom. The smallest absolute Gasteiger partial charge is 0.251 e. The summed E-state index contributed by atoms with van der Waals surface area (Å²) in [5.41, 5.74) is 0.470. The lowest BCUT2D eigenvalue weighted by Crippen LogP contribution is -2.39. The van der Waals surface area contributed by atoms with Crippen LogP contribution < -0.4 is 15.4 Å². The van der Waals surface area contributed by atoms with Gasteiger partial charge < -0.3 is 20.1 Å². The molecule has 0 bridgehead atoms. The van der Waals surface area contributed by atoms with Gasteiger partial charge in [0.15, 0.2) is 0 Å². The summed E-state index contributed by atoms with van der Waals surface area (Å²) in [5, 5.41) is 5.38. The van der Waals surface area contributed by atoms with Gasteiger partial charge in [-0.1, -0.05) is 18.2 Å². The Kier molecular flexibility index (Phi) is 6.22. The van der Waals surface area contributed by atoms with Crippen LogP contribution in [-0.4, -0.2) is 37.6 Å². The van der Waals surface area contributed by atoms with Crippen LogP contribution in [0.1, 0.15) is 23.2 Å². The highest BCUT2D eigenvalue weighted by Crippen LogP contribution is 2.21. The van der Waals surface area contributed by atoms with Crippen LogP contribution in [0.15, 0.2) is 54.6 Å². The Bertz CT molecular complexity index is 725. The summed E-state index contributed by atoms with van der Waals surface area (Å²) >= 11 is 0. The van der Waals surface area contributed by atoms with Crippen molar-refractivity contribution in [1.82, 2.24) is 10.6 Å². The minimum absolute atomic E-state index is 0.0617. The van der Waals surface area contributed by atoms with Crippen LogP contribution in [0.2, 0.25) is 0 Å². The molecule has 0 unspecified atom stereocenters. The average Bonchev–Trinajstić information content (AvgIpc) is 3.19. The molecule has 0 saturated carbocycles. The number of hydrogen-bond acceptors (Lipinski definition) is 4. The Balaban J connectivity index is 1.43. The van der Waals surface area contributed by atoms with Gasteiger partial charge >= 0.3 is 0 Å². The highest BCUT2D eigenvalue weighted by molar-refractivity contribution is 5.96. The number of benzene rings is 2. The van der Waals surface area contributed by atoms with Gasteiger partial charge in [-0.25, -0.2) is 0 Å². The number of amides is 2. The zero-order valence-electron chi connectivity index (χ0n) is 14.4. The molecule has 0 aliphatic carbocycles. The summed E-state index contributed by atoms with van der Waals surface area (Å²) in [6.07, 6.45) is 2.08. The van der Waals surface area contributed by atoms with Crippen LogP contribution in [0.4, 0.5) is 0 Å². The summed E-state index contributed by atoms with van der Waals surface area (Å²) in [6, 6.07) is 16.2. The fraction of sp³-hybridized carbons (Fsp3) is 0.300. The van der Waals surface area contributed by atoms with Crippen molar-refractivity contribution in [3.8, 4) is 11.5 Å². The van der Waals surface area contributed by atoms with Crippen LogP contribution in [0, 0.1) is 0 Å². The van der Waals surface area contributed by atoms with E-state index in [1.165, 1.54) is 0 Å². The first-order chi connectivity index (χ1) is 12.7. The molecule has 2 amide bonds. The van der Waals surface area contributed by atoms with Gasteiger partial charge in [0.2, 0.25) is 5.91 Å². The zero-order valence-corrected chi connectivity index (χ0v) is 14.4. The average molecular weight is 354 g/mol. The van der Waals surface area contributed by atoms with E-state index in [9.17, 15) is 9.59 Å².